The number of ketones is 1. The Kier molecular flexibility index (Phi) is 5.53. The summed E-state index contributed by atoms with van der Waals surface area (Å²) in [5.41, 5.74) is 0.499. The van der Waals surface area contributed by atoms with Crippen LogP contribution >= 0.6 is 23.1 Å². The molecule has 0 saturated carbocycles. The molecule has 1 aromatic carbocycles. The molecule has 0 radical (unpaired) electrons. The number of thioether (sulfide) groups is 1. The van der Waals surface area contributed by atoms with Crippen molar-refractivity contribution in [3.63, 3.8) is 0 Å². The van der Waals surface area contributed by atoms with Gasteiger partial charge in [-0.15, -0.1) is 11.3 Å². The number of nitrogens with zero attached hydrogens (tertiary/aromatic N) is 2. The van der Waals surface area contributed by atoms with Crippen LogP contribution < -0.4 is 10.9 Å². The minimum absolute atomic E-state index is 0.0310. The third-order valence-corrected chi connectivity index (χ3v) is 5.88. The Balaban J connectivity index is 1.72. The lowest BCUT2D eigenvalue weighted by Crippen LogP contribution is -2.20. The smallest absolute Gasteiger partial charge is 0.261 e. The van der Waals surface area contributed by atoms with Gasteiger partial charge < -0.3 is 5.32 Å². The first-order valence-electron chi connectivity index (χ1n) is 7.90. The van der Waals surface area contributed by atoms with E-state index in [9.17, 15) is 14.4 Å². The van der Waals surface area contributed by atoms with Crippen LogP contribution in [0.25, 0.3) is 10.9 Å². The van der Waals surface area contributed by atoms with Gasteiger partial charge in [-0.1, -0.05) is 23.9 Å². The standard InChI is InChI=1S/C18H17N3O3S2/c1-11(22)19-9-12-7-8-16(26-12)15(23)10-25-18-20-14-6-4-3-5-13(14)17(24)21(18)2/h3-8H,9-10H2,1-2H3,(H,19,22). The van der Waals surface area contributed by atoms with Crippen molar-refractivity contribution in [3.8, 4) is 0 Å². The van der Waals surface area contributed by atoms with Crippen LogP contribution in [0.2, 0.25) is 0 Å². The van der Waals surface area contributed by atoms with Crippen molar-refractivity contribution >= 4 is 45.7 Å². The lowest BCUT2D eigenvalue weighted by Gasteiger charge is -2.07. The molecule has 0 fully saturated rings. The number of carbonyl (C=O) groups is 2. The van der Waals surface area contributed by atoms with Crippen LogP contribution in [0.4, 0.5) is 0 Å². The zero-order valence-electron chi connectivity index (χ0n) is 14.3. The Bertz CT molecular complexity index is 1040. The Morgan fingerprint density at radius 3 is 2.77 bits per heavy atom. The maximum atomic E-state index is 12.4. The number of nitrogens with one attached hydrogen (secondary N) is 1. The van der Waals surface area contributed by atoms with E-state index in [2.05, 4.69) is 10.3 Å². The fourth-order valence-electron chi connectivity index (χ4n) is 2.36. The summed E-state index contributed by atoms with van der Waals surface area (Å²) >= 11 is 2.61. The van der Waals surface area contributed by atoms with Crippen LogP contribution in [0.5, 0.6) is 0 Å². The molecule has 6 nitrogen and oxygen atoms in total. The van der Waals surface area contributed by atoms with E-state index in [1.54, 1.807) is 31.3 Å². The highest BCUT2D eigenvalue weighted by atomic mass is 32.2. The summed E-state index contributed by atoms with van der Waals surface area (Å²) in [6.07, 6.45) is 0. The minimum Gasteiger partial charge on any atom is -0.351 e. The molecule has 3 rings (SSSR count). The van der Waals surface area contributed by atoms with E-state index >= 15 is 0 Å². The first kappa shape index (κ1) is 18.3. The van der Waals surface area contributed by atoms with Gasteiger partial charge in [-0.25, -0.2) is 4.98 Å². The second-order valence-electron chi connectivity index (χ2n) is 5.66. The molecule has 0 saturated heterocycles. The van der Waals surface area contributed by atoms with E-state index in [-0.39, 0.29) is 23.0 Å². The summed E-state index contributed by atoms with van der Waals surface area (Å²) in [5, 5.41) is 3.78. The van der Waals surface area contributed by atoms with E-state index in [0.717, 1.165) is 4.88 Å². The molecule has 3 aromatic rings. The number of aromatic nitrogens is 2. The summed E-state index contributed by atoms with van der Waals surface area (Å²) in [7, 11) is 1.66. The summed E-state index contributed by atoms with van der Waals surface area (Å²) in [4.78, 5) is 41.8. The SMILES string of the molecule is CC(=O)NCc1ccc(C(=O)CSc2nc3ccccc3c(=O)n2C)s1. The second kappa shape index (κ2) is 7.84. The molecule has 1 amide bonds. The van der Waals surface area contributed by atoms with Crippen molar-refractivity contribution in [1.29, 1.82) is 0 Å². The first-order valence-corrected chi connectivity index (χ1v) is 9.71. The molecule has 134 valence electrons. The molecular formula is C18H17N3O3S2. The highest BCUT2D eigenvalue weighted by Gasteiger charge is 2.13. The maximum Gasteiger partial charge on any atom is 0.261 e. The van der Waals surface area contributed by atoms with Crippen LogP contribution in [-0.2, 0) is 18.4 Å². The average Bonchev–Trinajstić information content (AvgIpc) is 3.11. The third kappa shape index (κ3) is 4.03. The number of fused-ring (bicyclic) bond motifs is 1. The molecule has 0 spiro atoms. The molecule has 1 N–H and O–H groups in total. The lowest BCUT2D eigenvalue weighted by atomic mass is 10.2. The maximum absolute atomic E-state index is 12.4. The molecule has 2 aromatic heterocycles. The number of thiophene rings is 1. The van der Waals surface area contributed by atoms with Crippen LogP contribution in [0.3, 0.4) is 0 Å². The molecule has 0 aliphatic carbocycles. The van der Waals surface area contributed by atoms with Crippen molar-refractivity contribution in [1.82, 2.24) is 14.9 Å². The fraction of sp³-hybridized carbons (Fsp3) is 0.222. The normalized spacial score (nSPS) is 10.8. The van der Waals surface area contributed by atoms with Crippen molar-refractivity contribution in [2.24, 2.45) is 7.05 Å². The molecule has 2 heterocycles. The zero-order valence-corrected chi connectivity index (χ0v) is 15.9. The van der Waals surface area contributed by atoms with Gasteiger partial charge in [-0.05, 0) is 24.3 Å². The second-order valence-corrected chi connectivity index (χ2v) is 7.77. The monoisotopic (exact) mass is 387 g/mol. The average molecular weight is 387 g/mol. The Hall–Kier alpha value is -2.45. The van der Waals surface area contributed by atoms with E-state index < -0.39 is 0 Å². The molecule has 0 aliphatic rings. The number of carbonyl (C=O) groups excluding carboxylic acids is 2. The topological polar surface area (TPSA) is 81.1 Å². The van der Waals surface area contributed by atoms with Gasteiger partial charge in [0.05, 0.1) is 28.1 Å². The van der Waals surface area contributed by atoms with Crippen molar-refractivity contribution < 1.29 is 9.59 Å². The predicted octanol–water partition coefficient (Wildman–Crippen LogP) is 2.61. The van der Waals surface area contributed by atoms with Gasteiger partial charge >= 0.3 is 0 Å². The lowest BCUT2D eigenvalue weighted by molar-refractivity contribution is -0.119. The molecule has 0 atom stereocenters. The summed E-state index contributed by atoms with van der Waals surface area (Å²) in [5.74, 6) is 0.0558. The minimum atomic E-state index is -0.126. The van der Waals surface area contributed by atoms with Crippen molar-refractivity contribution in [2.75, 3.05) is 5.75 Å². The highest BCUT2D eigenvalue weighted by molar-refractivity contribution is 7.99. The Morgan fingerprint density at radius 2 is 2.00 bits per heavy atom. The number of rotatable bonds is 6. The highest BCUT2D eigenvalue weighted by Crippen LogP contribution is 2.22. The zero-order chi connectivity index (χ0) is 18.7. The largest absolute Gasteiger partial charge is 0.351 e. The molecule has 0 unspecified atom stereocenters. The van der Waals surface area contributed by atoms with E-state index in [4.69, 9.17) is 0 Å². The third-order valence-electron chi connectivity index (χ3n) is 3.72. The molecule has 8 heteroatoms. The first-order chi connectivity index (χ1) is 12.5. The Morgan fingerprint density at radius 1 is 1.23 bits per heavy atom. The van der Waals surface area contributed by atoms with Gasteiger partial charge in [0, 0.05) is 18.8 Å². The van der Waals surface area contributed by atoms with E-state index in [1.807, 2.05) is 12.1 Å². The fourth-order valence-corrected chi connectivity index (χ4v) is 4.19. The summed E-state index contributed by atoms with van der Waals surface area (Å²) in [6.45, 7) is 1.87. The molecule has 0 aliphatic heterocycles. The van der Waals surface area contributed by atoms with E-state index in [1.165, 1.54) is 34.6 Å². The predicted molar refractivity (Wildman–Crippen MR) is 104 cm³/mol. The van der Waals surface area contributed by atoms with Crippen molar-refractivity contribution in [3.05, 3.63) is 56.5 Å². The van der Waals surface area contributed by atoms with Crippen LogP contribution in [0.15, 0.2) is 46.3 Å². The van der Waals surface area contributed by atoms with Crippen LogP contribution in [-0.4, -0.2) is 27.0 Å². The van der Waals surface area contributed by atoms with Crippen LogP contribution in [0, 0.1) is 0 Å². The van der Waals surface area contributed by atoms with Gasteiger partial charge in [0.25, 0.3) is 5.56 Å². The summed E-state index contributed by atoms with van der Waals surface area (Å²) in [6, 6.07) is 10.8. The van der Waals surface area contributed by atoms with Gasteiger partial charge in [0.2, 0.25) is 5.91 Å². The quantitative estimate of drug-likeness (QED) is 0.399. The number of para-hydroxylation sites is 1. The number of amides is 1. The molecule has 26 heavy (non-hydrogen) atoms. The van der Waals surface area contributed by atoms with Gasteiger partial charge in [0.15, 0.2) is 10.9 Å². The number of hydrogen-bond acceptors (Lipinski definition) is 6. The molecular weight excluding hydrogens is 370 g/mol. The van der Waals surface area contributed by atoms with Gasteiger partial charge in [0.1, 0.15) is 0 Å². The Labute approximate surface area is 158 Å². The number of hydrogen-bond donors (Lipinski definition) is 1. The number of benzene rings is 1. The number of Topliss-reactive ketones (excluding diaryl/α,β-unsaturated/α-hetero) is 1. The summed E-state index contributed by atoms with van der Waals surface area (Å²) < 4.78 is 1.47. The van der Waals surface area contributed by atoms with Gasteiger partial charge in [-0.3, -0.25) is 19.0 Å². The molecule has 0 bridgehead atoms. The van der Waals surface area contributed by atoms with Gasteiger partial charge in [-0.2, -0.15) is 0 Å². The van der Waals surface area contributed by atoms with E-state index in [0.29, 0.717) is 27.5 Å². The van der Waals surface area contributed by atoms with Crippen LogP contribution in [0.1, 0.15) is 21.5 Å². The van der Waals surface area contributed by atoms with Crippen molar-refractivity contribution in [2.45, 2.75) is 18.6 Å².